The third-order valence-electron chi connectivity index (χ3n) is 5.45. The van der Waals surface area contributed by atoms with Gasteiger partial charge in [-0.25, -0.2) is 4.98 Å². The van der Waals surface area contributed by atoms with E-state index < -0.39 is 0 Å². The van der Waals surface area contributed by atoms with Crippen molar-refractivity contribution in [3.8, 4) is 11.5 Å². The third kappa shape index (κ3) is 6.13. The van der Waals surface area contributed by atoms with Gasteiger partial charge < -0.3 is 14.8 Å². The molecule has 1 aliphatic carbocycles. The number of nitrogens with zero attached hydrogens (tertiary/aromatic N) is 2. The lowest BCUT2D eigenvalue weighted by atomic mass is 9.98. The van der Waals surface area contributed by atoms with Crippen LogP contribution in [0.2, 0.25) is 0 Å². The predicted molar refractivity (Wildman–Crippen MR) is 136 cm³/mol. The van der Waals surface area contributed by atoms with E-state index in [4.69, 9.17) is 21.7 Å². The SMILES string of the molecule is COc1cc(/C=C2\SC(=S)N(CCC(=O)Nc3nccs3)C2=O)ccc1OC1CCCCC1. The molecule has 2 aromatic rings. The largest absolute Gasteiger partial charge is 0.493 e. The fraction of sp³-hybridized carbons (Fsp3) is 0.391. The molecule has 1 saturated carbocycles. The van der Waals surface area contributed by atoms with Crippen molar-refractivity contribution < 1.29 is 19.1 Å². The van der Waals surface area contributed by atoms with Gasteiger partial charge in [-0.2, -0.15) is 0 Å². The number of thiazole rings is 1. The zero-order chi connectivity index (χ0) is 23.2. The van der Waals surface area contributed by atoms with Gasteiger partial charge in [-0.1, -0.05) is 36.5 Å². The summed E-state index contributed by atoms with van der Waals surface area (Å²) in [5.74, 6) is 0.957. The minimum Gasteiger partial charge on any atom is -0.493 e. The Hall–Kier alpha value is -2.43. The highest BCUT2D eigenvalue weighted by atomic mass is 32.2. The van der Waals surface area contributed by atoms with Crippen molar-refractivity contribution in [2.45, 2.75) is 44.6 Å². The molecule has 4 rings (SSSR count). The van der Waals surface area contributed by atoms with Crippen LogP contribution < -0.4 is 14.8 Å². The van der Waals surface area contributed by atoms with Gasteiger partial charge in [0.15, 0.2) is 16.6 Å². The molecule has 174 valence electrons. The molecule has 0 spiro atoms. The number of nitrogens with one attached hydrogen (secondary N) is 1. The predicted octanol–water partition coefficient (Wildman–Crippen LogP) is 5.09. The lowest BCUT2D eigenvalue weighted by Gasteiger charge is -2.24. The molecule has 2 aliphatic rings. The number of hydrogen-bond donors (Lipinski definition) is 1. The van der Waals surface area contributed by atoms with Gasteiger partial charge in [0.25, 0.3) is 5.91 Å². The number of carbonyl (C=O) groups is 2. The van der Waals surface area contributed by atoms with Gasteiger partial charge >= 0.3 is 0 Å². The van der Waals surface area contributed by atoms with Crippen molar-refractivity contribution in [1.29, 1.82) is 0 Å². The maximum Gasteiger partial charge on any atom is 0.266 e. The Morgan fingerprint density at radius 1 is 1.30 bits per heavy atom. The number of thiocarbonyl (C=S) groups is 1. The molecular weight excluding hydrogens is 478 g/mol. The molecule has 1 aliphatic heterocycles. The van der Waals surface area contributed by atoms with E-state index in [-0.39, 0.29) is 30.9 Å². The highest BCUT2D eigenvalue weighted by molar-refractivity contribution is 8.26. The first-order valence-electron chi connectivity index (χ1n) is 10.8. The zero-order valence-corrected chi connectivity index (χ0v) is 20.7. The minimum absolute atomic E-state index is 0.139. The molecule has 33 heavy (non-hydrogen) atoms. The van der Waals surface area contributed by atoms with Gasteiger partial charge in [-0.3, -0.25) is 14.5 Å². The topological polar surface area (TPSA) is 80.8 Å². The van der Waals surface area contributed by atoms with Crippen LogP contribution in [-0.4, -0.2) is 45.8 Å². The molecule has 2 heterocycles. The molecule has 7 nitrogen and oxygen atoms in total. The summed E-state index contributed by atoms with van der Waals surface area (Å²) in [7, 11) is 1.61. The van der Waals surface area contributed by atoms with Gasteiger partial charge in [0.2, 0.25) is 5.91 Å². The molecule has 2 fully saturated rings. The standard InChI is InChI=1S/C23H25N3O4S3/c1-29-18-13-15(7-8-17(18)30-16-5-3-2-4-6-16)14-19-21(28)26(23(31)33-19)11-9-20(27)25-22-24-10-12-32-22/h7-8,10,12-14,16H,2-6,9,11H2,1H3,(H,24,25,27)/b19-14-. The number of ether oxygens (including phenoxy) is 2. The highest BCUT2D eigenvalue weighted by Gasteiger charge is 2.32. The van der Waals surface area contributed by atoms with E-state index in [1.807, 2.05) is 18.2 Å². The van der Waals surface area contributed by atoms with Crippen LogP contribution in [0.1, 0.15) is 44.1 Å². The monoisotopic (exact) mass is 503 g/mol. The first kappa shape index (κ1) is 23.7. The van der Waals surface area contributed by atoms with Crippen LogP contribution in [0.15, 0.2) is 34.7 Å². The van der Waals surface area contributed by atoms with Crippen LogP contribution in [0, 0.1) is 0 Å². The Kier molecular flexibility index (Phi) is 8.00. The number of thioether (sulfide) groups is 1. The average molecular weight is 504 g/mol. The zero-order valence-electron chi connectivity index (χ0n) is 18.2. The Morgan fingerprint density at radius 2 is 2.12 bits per heavy atom. The van der Waals surface area contributed by atoms with Crippen molar-refractivity contribution in [2.24, 2.45) is 0 Å². The second kappa shape index (κ2) is 11.1. The van der Waals surface area contributed by atoms with Crippen molar-refractivity contribution in [2.75, 3.05) is 19.0 Å². The van der Waals surface area contributed by atoms with E-state index in [9.17, 15) is 9.59 Å². The Balaban J connectivity index is 1.39. The summed E-state index contributed by atoms with van der Waals surface area (Å²) in [4.78, 5) is 31.0. The van der Waals surface area contributed by atoms with Gasteiger partial charge in [-0.05, 0) is 49.5 Å². The summed E-state index contributed by atoms with van der Waals surface area (Å²) < 4.78 is 12.1. The number of carbonyl (C=O) groups excluding carboxylic acids is 2. The van der Waals surface area contributed by atoms with Crippen molar-refractivity contribution in [1.82, 2.24) is 9.88 Å². The highest BCUT2D eigenvalue weighted by Crippen LogP contribution is 2.36. The molecule has 0 radical (unpaired) electrons. The summed E-state index contributed by atoms with van der Waals surface area (Å²) in [6.07, 6.45) is 9.56. The molecule has 0 unspecified atom stereocenters. The summed E-state index contributed by atoms with van der Waals surface area (Å²) in [6.45, 7) is 0.219. The van der Waals surface area contributed by atoms with Crippen LogP contribution in [0.5, 0.6) is 11.5 Å². The Labute approximate surface area is 206 Å². The second-order valence-corrected chi connectivity index (χ2v) is 10.3. The molecule has 0 bridgehead atoms. The lowest BCUT2D eigenvalue weighted by Crippen LogP contribution is -2.31. The number of rotatable bonds is 8. The van der Waals surface area contributed by atoms with Crippen LogP contribution in [-0.2, 0) is 9.59 Å². The second-order valence-electron chi connectivity index (χ2n) is 7.76. The van der Waals surface area contributed by atoms with Crippen LogP contribution in [0.3, 0.4) is 0 Å². The van der Waals surface area contributed by atoms with E-state index in [1.165, 1.54) is 47.3 Å². The van der Waals surface area contributed by atoms with E-state index >= 15 is 0 Å². The number of benzene rings is 1. The maximum atomic E-state index is 12.9. The van der Waals surface area contributed by atoms with Crippen LogP contribution in [0.4, 0.5) is 5.13 Å². The first-order valence-corrected chi connectivity index (χ1v) is 12.9. The van der Waals surface area contributed by atoms with E-state index in [1.54, 1.807) is 24.8 Å². The van der Waals surface area contributed by atoms with Crippen molar-refractivity contribution in [3.05, 3.63) is 40.2 Å². The molecule has 1 N–H and O–H groups in total. The third-order valence-corrected chi connectivity index (χ3v) is 7.51. The van der Waals surface area contributed by atoms with Gasteiger partial charge in [0.05, 0.1) is 18.1 Å². The lowest BCUT2D eigenvalue weighted by molar-refractivity contribution is -0.122. The van der Waals surface area contributed by atoms with Crippen LogP contribution in [0.25, 0.3) is 6.08 Å². The van der Waals surface area contributed by atoms with Crippen molar-refractivity contribution in [3.63, 3.8) is 0 Å². The number of aromatic nitrogens is 1. The van der Waals surface area contributed by atoms with E-state index in [2.05, 4.69) is 10.3 Å². The molecule has 1 saturated heterocycles. The smallest absolute Gasteiger partial charge is 0.266 e. The summed E-state index contributed by atoms with van der Waals surface area (Å²) in [5, 5.41) is 5.03. The first-order chi connectivity index (χ1) is 16.0. The normalized spacial score (nSPS) is 18.1. The fourth-order valence-electron chi connectivity index (χ4n) is 3.76. The molecule has 1 aromatic carbocycles. The number of amides is 2. The molecule has 10 heteroatoms. The van der Waals surface area contributed by atoms with Crippen LogP contribution >= 0.6 is 35.3 Å². The Bertz CT molecular complexity index is 1050. The number of hydrogen-bond acceptors (Lipinski definition) is 8. The minimum atomic E-state index is -0.207. The molecule has 0 atom stereocenters. The van der Waals surface area contributed by atoms with Crippen molar-refractivity contribution >= 4 is 62.7 Å². The van der Waals surface area contributed by atoms with E-state index in [0.717, 1.165) is 24.2 Å². The van der Waals surface area contributed by atoms with Gasteiger partial charge in [-0.15, -0.1) is 11.3 Å². The molecular formula is C23H25N3O4S3. The maximum absolute atomic E-state index is 12.9. The molecule has 1 aromatic heterocycles. The molecule has 2 amide bonds. The van der Waals surface area contributed by atoms with Gasteiger partial charge in [0, 0.05) is 24.5 Å². The van der Waals surface area contributed by atoms with E-state index in [0.29, 0.717) is 20.1 Å². The fourth-order valence-corrected chi connectivity index (χ4v) is 5.61. The Morgan fingerprint density at radius 3 is 2.85 bits per heavy atom. The summed E-state index contributed by atoms with van der Waals surface area (Å²) >= 11 is 7.96. The van der Waals surface area contributed by atoms with Gasteiger partial charge in [0.1, 0.15) is 4.32 Å². The summed E-state index contributed by atoms with van der Waals surface area (Å²) in [5.41, 5.74) is 0.824. The summed E-state index contributed by atoms with van der Waals surface area (Å²) in [6, 6.07) is 5.67. The quantitative estimate of drug-likeness (QED) is 0.397. The average Bonchev–Trinajstić information content (AvgIpc) is 3.42. The number of methoxy groups -OCH3 is 1. The number of anilines is 1.